The first kappa shape index (κ1) is 27.1. The topological polar surface area (TPSA) is 164 Å². The van der Waals surface area contributed by atoms with Gasteiger partial charge in [0.25, 0.3) is 0 Å². The van der Waals surface area contributed by atoms with Gasteiger partial charge in [0.2, 0.25) is 0 Å². The quantitative estimate of drug-likeness (QED) is 0.400. The molecule has 12 heteroatoms. The Balaban J connectivity index is 2.72. The Morgan fingerprint density at radius 3 is 2.39 bits per heavy atom. The van der Waals surface area contributed by atoms with E-state index >= 15 is 4.39 Å². The number of thioether (sulfide) groups is 1. The molecule has 6 N–H and O–H groups in total. The molecule has 0 saturated carbocycles. The summed E-state index contributed by atoms with van der Waals surface area (Å²) in [4.78, 5) is 14.5. The van der Waals surface area contributed by atoms with Gasteiger partial charge < -0.3 is 15.5 Å². The SMILES string of the molecule is CC(C)c1cc(C#N)c(F)c(C(C)C)c1NC(=O)N1C(CO)=C(S(=N)(N)=O)SC1C(C)(C)O. The minimum atomic E-state index is -3.80. The molecule has 1 aromatic carbocycles. The van der Waals surface area contributed by atoms with Crippen molar-refractivity contribution in [3.63, 3.8) is 0 Å². The molecule has 2 rings (SSSR count). The van der Waals surface area contributed by atoms with Crippen molar-refractivity contribution in [1.82, 2.24) is 4.90 Å². The average Bonchev–Trinajstić information content (AvgIpc) is 3.08. The highest BCUT2D eigenvalue weighted by molar-refractivity contribution is 8.18. The second-order valence-electron chi connectivity index (χ2n) is 8.95. The Morgan fingerprint density at radius 1 is 1.42 bits per heavy atom. The minimum Gasteiger partial charge on any atom is -0.390 e. The van der Waals surface area contributed by atoms with Gasteiger partial charge in [-0.1, -0.05) is 39.5 Å². The van der Waals surface area contributed by atoms with Gasteiger partial charge >= 0.3 is 6.03 Å². The number of carbonyl (C=O) groups is 1. The maximum Gasteiger partial charge on any atom is 0.327 e. The Bertz CT molecular complexity index is 1130. The molecule has 182 valence electrons. The van der Waals surface area contributed by atoms with Crippen molar-refractivity contribution in [1.29, 1.82) is 10.0 Å². The van der Waals surface area contributed by atoms with Crippen LogP contribution in [-0.2, 0) is 9.92 Å². The van der Waals surface area contributed by atoms with Crippen LogP contribution < -0.4 is 10.5 Å². The van der Waals surface area contributed by atoms with Crippen molar-refractivity contribution in [2.75, 3.05) is 11.9 Å². The zero-order chi connectivity index (χ0) is 25.5. The summed E-state index contributed by atoms with van der Waals surface area (Å²) in [7, 11) is -3.80. The number of rotatable bonds is 6. The molecule has 1 heterocycles. The molecule has 2 atom stereocenters. The van der Waals surface area contributed by atoms with Crippen LogP contribution in [0.5, 0.6) is 0 Å². The molecular weight excluding hydrogens is 469 g/mol. The Morgan fingerprint density at radius 2 is 2.00 bits per heavy atom. The zero-order valence-electron chi connectivity index (χ0n) is 19.4. The number of nitrogens with zero attached hydrogens (tertiary/aromatic N) is 2. The standard InChI is InChI=1S/C21H30FN5O4S2/c1-10(2)13-7-12(8-23)16(22)15(11(3)4)17(13)26-20(29)27-14(9-28)18(33(24,25)31)32-19(27)21(5,6)30/h7,10-11,19,28,30H,9H2,1-6H3,(H,26,29)(H3,24,25,31). The number of aliphatic hydroxyl groups is 2. The number of aliphatic hydroxyl groups excluding tert-OH is 1. The first-order valence-electron chi connectivity index (χ1n) is 10.2. The lowest BCUT2D eigenvalue weighted by molar-refractivity contribution is 0.0417. The van der Waals surface area contributed by atoms with Gasteiger partial charge in [0.1, 0.15) is 31.4 Å². The van der Waals surface area contributed by atoms with Crippen molar-refractivity contribution in [2.45, 2.75) is 64.4 Å². The van der Waals surface area contributed by atoms with Crippen LogP contribution in [0.1, 0.15) is 70.1 Å². The molecule has 1 aliphatic heterocycles. The van der Waals surface area contributed by atoms with Crippen LogP contribution in [-0.4, -0.2) is 42.9 Å². The van der Waals surface area contributed by atoms with Crippen molar-refractivity contribution >= 4 is 33.4 Å². The van der Waals surface area contributed by atoms with Crippen molar-refractivity contribution in [3.8, 4) is 6.07 Å². The highest BCUT2D eigenvalue weighted by Gasteiger charge is 2.46. The van der Waals surface area contributed by atoms with E-state index in [2.05, 4.69) is 5.32 Å². The fraction of sp³-hybridized carbons (Fsp3) is 0.524. The second-order valence-corrected chi connectivity index (χ2v) is 11.9. The van der Waals surface area contributed by atoms with E-state index in [1.807, 2.05) is 19.9 Å². The van der Waals surface area contributed by atoms with E-state index in [4.69, 9.17) is 9.92 Å². The summed E-state index contributed by atoms with van der Waals surface area (Å²) in [5, 5.41) is 37.1. The van der Waals surface area contributed by atoms with E-state index in [9.17, 15) is 24.5 Å². The third-order valence-corrected chi connectivity index (χ3v) is 8.39. The average molecular weight is 500 g/mol. The smallest absolute Gasteiger partial charge is 0.327 e. The monoisotopic (exact) mass is 499 g/mol. The van der Waals surface area contributed by atoms with E-state index in [0.717, 1.165) is 16.7 Å². The number of hydrogen-bond acceptors (Lipinski definition) is 7. The summed E-state index contributed by atoms with van der Waals surface area (Å²) in [6.45, 7) is 9.21. The summed E-state index contributed by atoms with van der Waals surface area (Å²) in [6, 6.07) is 2.40. The molecule has 0 aromatic heterocycles. The number of nitriles is 1. The first-order chi connectivity index (χ1) is 15.1. The molecule has 0 spiro atoms. The Labute approximate surface area is 197 Å². The van der Waals surface area contributed by atoms with Gasteiger partial charge in [-0.25, -0.2) is 23.3 Å². The normalized spacial score (nSPS) is 18.6. The lowest BCUT2D eigenvalue weighted by atomic mass is 9.89. The van der Waals surface area contributed by atoms with Gasteiger partial charge in [-0.05, 0) is 37.3 Å². The minimum absolute atomic E-state index is 0.137. The maximum absolute atomic E-state index is 15.1. The zero-order valence-corrected chi connectivity index (χ0v) is 21.0. The van der Waals surface area contributed by atoms with Gasteiger partial charge in [0.05, 0.1) is 29.2 Å². The number of urea groups is 1. The molecule has 0 saturated heterocycles. The predicted octanol–water partition coefficient (Wildman–Crippen LogP) is 3.70. The van der Waals surface area contributed by atoms with Crippen LogP contribution in [0.4, 0.5) is 14.9 Å². The molecule has 0 radical (unpaired) electrons. The van der Waals surface area contributed by atoms with Crippen molar-refractivity contribution in [3.05, 3.63) is 38.5 Å². The first-order valence-corrected chi connectivity index (χ1v) is 12.7. The molecule has 9 nitrogen and oxygen atoms in total. The van der Waals surface area contributed by atoms with Gasteiger partial charge in [-0.2, -0.15) is 5.26 Å². The molecule has 0 aliphatic carbocycles. The van der Waals surface area contributed by atoms with Crippen LogP contribution >= 0.6 is 11.8 Å². The van der Waals surface area contributed by atoms with E-state index in [1.54, 1.807) is 13.8 Å². The van der Waals surface area contributed by atoms with E-state index in [0.29, 0.717) is 5.56 Å². The number of hydrogen-bond donors (Lipinski definition) is 5. The lowest BCUT2D eigenvalue weighted by Crippen LogP contribution is -2.49. The highest BCUT2D eigenvalue weighted by atomic mass is 32.3. The largest absolute Gasteiger partial charge is 0.390 e. The van der Waals surface area contributed by atoms with Crippen LogP contribution in [0.15, 0.2) is 16.0 Å². The Kier molecular flexibility index (Phi) is 7.87. The molecule has 2 amide bonds. The van der Waals surface area contributed by atoms with Crippen molar-refractivity contribution in [2.24, 2.45) is 5.14 Å². The number of benzene rings is 1. The molecular formula is C21H30FN5O4S2. The third-order valence-electron chi connectivity index (χ3n) is 5.11. The summed E-state index contributed by atoms with van der Waals surface area (Å²) < 4.78 is 35.0. The van der Waals surface area contributed by atoms with Crippen LogP contribution in [0.25, 0.3) is 0 Å². The molecule has 1 aromatic rings. The highest BCUT2D eigenvalue weighted by Crippen LogP contribution is 2.45. The second kappa shape index (κ2) is 9.60. The van der Waals surface area contributed by atoms with Gasteiger partial charge in [-0.15, -0.1) is 0 Å². The Hall–Kier alpha value is -2.17. The summed E-state index contributed by atoms with van der Waals surface area (Å²) in [5.41, 5.74) is -0.969. The lowest BCUT2D eigenvalue weighted by Gasteiger charge is -2.34. The van der Waals surface area contributed by atoms with Crippen LogP contribution in [0, 0.1) is 21.9 Å². The van der Waals surface area contributed by atoms with E-state index in [-0.39, 0.29) is 38.6 Å². The predicted molar refractivity (Wildman–Crippen MR) is 127 cm³/mol. The molecule has 0 fully saturated rings. The van der Waals surface area contributed by atoms with Gasteiger partial charge in [0, 0.05) is 5.56 Å². The number of nitrogens with one attached hydrogen (secondary N) is 2. The number of nitrogens with two attached hydrogens (primary N) is 1. The number of halogens is 1. The van der Waals surface area contributed by atoms with E-state index in [1.165, 1.54) is 19.9 Å². The molecule has 0 bridgehead atoms. The fourth-order valence-electron chi connectivity index (χ4n) is 3.63. The number of amides is 2. The van der Waals surface area contributed by atoms with Gasteiger partial charge in [-0.3, -0.25) is 4.90 Å². The van der Waals surface area contributed by atoms with Crippen LogP contribution in [0.2, 0.25) is 0 Å². The summed E-state index contributed by atoms with van der Waals surface area (Å²) in [5.74, 6) is -1.30. The summed E-state index contributed by atoms with van der Waals surface area (Å²) in [6.07, 6.45) is 0. The van der Waals surface area contributed by atoms with Crippen LogP contribution in [0.3, 0.4) is 0 Å². The number of anilines is 1. The molecule has 33 heavy (non-hydrogen) atoms. The van der Waals surface area contributed by atoms with Crippen molar-refractivity contribution < 1.29 is 23.6 Å². The number of carbonyl (C=O) groups excluding carboxylic acids is 1. The summed E-state index contributed by atoms with van der Waals surface area (Å²) >= 11 is 0.764. The third kappa shape index (κ3) is 5.33. The fourth-order valence-corrected chi connectivity index (χ4v) is 6.10. The maximum atomic E-state index is 15.1. The van der Waals surface area contributed by atoms with E-state index < -0.39 is 39.3 Å². The van der Waals surface area contributed by atoms with Gasteiger partial charge in [0.15, 0.2) is 0 Å². The molecule has 2 unspecified atom stereocenters. The molecule has 1 aliphatic rings.